The van der Waals surface area contributed by atoms with Crippen LogP contribution in [0.15, 0.2) is 23.1 Å². The summed E-state index contributed by atoms with van der Waals surface area (Å²) < 4.78 is 34.9. The van der Waals surface area contributed by atoms with Gasteiger partial charge in [-0.05, 0) is 26.0 Å². The van der Waals surface area contributed by atoms with Crippen LogP contribution in [0, 0.1) is 0 Å². The highest BCUT2D eigenvalue weighted by molar-refractivity contribution is 7.89. The van der Waals surface area contributed by atoms with Gasteiger partial charge in [0.1, 0.15) is 15.9 Å². The summed E-state index contributed by atoms with van der Waals surface area (Å²) in [7, 11) is -3.80. The molecular formula is C12H16N4O3S2. The topological polar surface area (TPSA) is 92.3 Å². The highest BCUT2D eigenvalue weighted by Gasteiger charge is 2.21. The average Bonchev–Trinajstić information content (AvgIpc) is 2.94. The van der Waals surface area contributed by atoms with E-state index in [1.165, 1.54) is 6.07 Å². The van der Waals surface area contributed by atoms with Crippen molar-refractivity contribution in [3.8, 4) is 0 Å². The van der Waals surface area contributed by atoms with Crippen LogP contribution in [-0.2, 0) is 14.8 Å². The summed E-state index contributed by atoms with van der Waals surface area (Å²) in [5.41, 5.74) is 0.850. The zero-order valence-electron chi connectivity index (χ0n) is 11.7. The Balaban J connectivity index is 2.19. The number of nitrogens with one attached hydrogen (secondary N) is 1. The van der Waals surface area contributed by atoms with Crippen molar-refractivity contribution >= 4 is 38.7 Å². The lowest BCUT2D eigenvalue weighted by Gasteiger charge is -2.18. The van der Waals surface area contributed by atoms with Gasteiger partial charge in [0.05, 0.1) is 18.3 Å². The lowest BCUT2D eigenvalue weighted by Crippen LogP contribution is -2.40. The van der Waals surface area contributed by atoms with Crippen LogP contribution in [0.3, 0.4) is 0 Å². The zero-order valence-corrected chi connectivity index (χ0v) is 13.4. The Bertz CT molecular complexity index is 738. The average molecular weight is 328 g/mol. The van der Waals surface area contributed by atoms with E-state index in [2.05, 4.69) is 13.5 Å². The maximum atomic E-state index is 12.3. The Morgan fingerprint density at radius 1 is 1.29 bits per heavy atom. The van der Waals surface area contributed by atoms with Gasteiger partial charge in [-0.25, -0.2) is 13.1 Å². The maximum Gasteiger partial charge on any atom is 0.243 e. The molecule has 1 aromatic heterocycles. The molecule has 7 nitrogen and oxygen atoms in total. The van der Waals surface area contributed by atoms with Crippen molar-refractivity contribution in [2.45, 2.75) is 18.7 Å². The normalized spacial score (nSPS) is 11.7. The van der Waals surface area contributed by atoms with Crippen LogP contribution in [0.5, 0.6) is 0 Å². The number of amides is 1. The van der Waals surface area contributed by atoms with E-state index in [9.17, 15) is 13.2 Å². The van der Waals surface area contributed by atoms with Crippen LogP contribution >= 0.6 is 11.7 Å². The van der Waals surface area contributed by atoms with Crippen molar-refractivity contribution in [1.82, 2.24) is 18.4 Å². The Hall–Kier alpha value is -1.58. The van der Waals surface area contributed by atoms with Gasteiger partial charge in [-0.1, -0.05) is 6.07 Å². The number of fused-ring (bicyclic) bond motifs is 1. The Morgan fingerprint density at radius 3 is 2.67 bits per heavy atom. The number of hydrogen-bond acceptors (Lipinski definition) is 6. The van der Waals surface area contributed by atoms with E-state index in [0.29, 0.717) is 24.1 Å². The smallest absolute Gasteiger partial charge is 0.243 e. The summed E-state index contributed by atoms with van der Waals surface area (Å²) in [5, 5.41) is 0. The number of carbonyl (C=O) groups is 1. The molecule has 21 heavy (non-hydrogen) atoms. The summed E-state index contributed by atoms with van der Waals surface area (Å²) in [6.45, 7) is 4.51. The molecule has 0 saturated carbocycles. The van der Waals surface area contributed by atoms with Crippen LogP contribution in [-0.4, -0.2) is 47.6 Å². The molecule has 0 unspecified atom stereocenters. The molecule has 2 rings (SSSR count). The van der Waals surface area contributed by atoms with Crippen molar-refractivity contribution < 1.29 is 13.2 Å². The van der Waals surface area contributed by atoms with Crippen LogP contribution in [0.4, 0.5) is 0 Å². The number of hydrogen-bond donors (Lipinski definition) is 1. The second kappa shape index (κ2) is 6.46. The molecule has 0 fully saturated rings. The molecule has 9 heteroatoms. The largest absolute Gasteiger partial charge is 0.342 e. The van der Waals surface area contributed by atoms with Crippen LogP contribution < -0.4 is 4.72 Å². The summed E-state index contributed by atoms with van der Waals surface area (Å²) >= 11 is 0.952. The highest BCUT2D eigenvalue weighted by Crippen LogP contribution is 2.20. The molecule has 1 heterocycles. The molecule has 0 bridgehead atoms. The Morgan fingerprint density at radius 2 is 2.00 bits per heavy atom. The third-order valence-corrected chi connectivity index (χ3v) is 5.04. The molecule has 0 aliphatic carbocycles. The van der Waals surface area contributed by atoms with E-state index in [4.69, 9.17) is 0 Å². The molecule has 114 valence electrons. The molecule has 0 atom stereocenters. The number of sulfonamides is 1. The van der Waals surface area contributed by atoms with E-state index < -0.39 is 10.0 Å². The number of nitrogens with zero attached hydrogens (tertiary/aromatic N) is 3. The molecule has 1 aromatic carbocycles. The monoisotopic (exact) mass is 328 g/mol. The molecule has 0 saturated heterocycles. The van der Waals surface area contributed by atoms with Gasteiger partial charge in [-0.15, -0.1) is 0 Å². The fourth-order valence-corrected chi connectivity index (χ4v) is 3.66. The molecule has 0 radical (unpaired) electrons. The number of likely N-dealkylation sites (N-methyl/N-ethyl adjacent to an activating group) is 1. The zero-order chi connectivity index (χ0) is 15.5. The van der Waals surface area contributed by atoms with Crippen LogP contribution in [0.1, 0.15) is 13.8 Å². The quantitative estimate of drug-likeness (QED) is 0.848. The maximum absolute atomic E-state index is 12.3. The second-order valence-electron chi connectivity index (χ2n) is 4.28. The van der Waals surface area contributed by atoms with Gasteiger partial charge in [0.15, 0.2) is 0 Å². The van der Waals surface area contributed by atoms with E-state index in [0.717, 1.165) is 11.7 Å². The molecule has 1 amide bonds. The first kappa shape index (κ1) is 15.8. The van der Waals surface area contributed by atoms with Gasteiger partial charge in [0, 0.05) is 13.1 Å². The predicted octanol–water partition coefficient (Wildman–Crippen LogP) is 0.838. The third kappa shape index (κ3) is 3.36. The van der Waals surface area contributed by atoms with Crippen LogP contribution in [0.2, 0.25) is 0 Å². The minimum atomic E-state index is -3.80. The first-order chi connectivity index (χ1) is 9.99. The third-order valence-electron chi connectivity index (χ3n) is 3.07. The van der Waals surface area contributed by atoms with Crippen molar-refractivity contribution in [2.24, 2.45) is 0 Å². The minimum absolute atomic E-state index is 0.0427. The minimum Gasteiger partial charge on any atom is -0.342 e. The summed E-state index contributed by atoms with van der Waals surface area (Å²) in [6, 6.07) is 4.75. The van der Waals surface area contributed by atoms with E-state index >= 15 is 0 Å². The number of benzene rings is 1. The summed E-state index contributed by atoms with van der Waals surface area (Å²) in [5.74, 6) is -0.257. The van der Waals surface area contributed by atoms with Crippen molar-refractivity contribution in [2.75, 3.05) is 19.6 Å². The lowest BCUT2D eigenvalue weighted by molar-refractivity contribution is -0.129. The van der Waals surface area contributed by atoms with E-state index in [-0.39, 0.29) is 17.3 Å². The lowest BCUT2D eigenvalue weighted by atomic mass is 10.3. The van der Waals surface area contributed by atoms with Crippen molar-refractivity contribution in [1.29, 1.82) is 0 Å². The highest BCUT2D eigenvalue weighted by atomic mass is 32.2. The van der Waals surface area contributed by atoms with Crippen molar-refractivity contribution in [3.05, 3.63) is 18.2 Å². The molecule has 2 aromatic rings. The number of carbonyl (C=O) groups excluding carboxylic acids is 1. The first-order valence-corrected chi connectivity index (χ1v) is 8.69. The SMILES string of the molecule is CCN(CC)C(=O)CNS(=O)(=O)c1cccc2nsnc12. The Labute approximate surface area is 127 Å². The molecule has 0 spiro atoms. The Kier molecular flexibility index (Phi) is 4.86. The standard InChI is InChI=1S/C12H16N4O3S2/c1-3-16(4-2)11(17)8-13-21(18,19)10-7-5-6-9-12(10)15-20-14-9/h5-7,13H,3-4,8H2,1-2H3. The van der Waals surface area contributed by atoms with Gasteiger partial charge in [-0.2, -0.15) is 8.75 Å². The van der Waals surface area contributed by atoms with Gasteiger partial charge in [0.2, 0.25) is 15.9 Å². The van der Waals surface area contributed by atoms with Crippen LogP contribution in [0.25, 0.3) is 11.0 Å². The molecule has 1 N–H and O–H groups in total. The van der Waals surface area contributed by atoms with Gasteiger partial charge in [-0.3, -0.25) is 4.79 Å². The van der Waals surface area contributed by atoms with E-state index in [1.54, 1.807) is 17.0 Å². The second-order valence-corrected chi connectivity index (χ2v) is 6.54. The fourth-order valence-electron chi connectivity index (χ4n) is 1.92. The number of aromatic nitrogens is 2. The predicted molar refractivity (Wildman–Crippen MR) is 80.5 cm³/mol. The molecular weight excluding hydrogens is 312 g/mol. The van der Waals surface area contributed by atoms with Gasteiger partial charge in [0.25, 0.3) is 0 Å². The number of rotatable bonds is 6. The first-order valence-electron chi connectivity index (χ1n) is 6.48. The van der Waals surface area contributed by atoms with Crippen molar-refractivity contribution in [3.63, 3.8) is 0 Å². The van der Waals surface area contributed by atoms with Gasteiger partial charge < -0.3 is 4.90 Å². The fraction of sp³-hybridized carbons (Fsp3) is 0.417. The molecule has 0 aliphatic heterocycles. The van der Waals surface area contributed by atoms with E-state index in [1.807, 2.05) is 13.8 Å². The summed E-state index contributed by atoms with van der Waals surface area (Å²) in [6.07, 6.45) is 0. The summed E-state index contributed by atoms with van der Waals surface area (Å²) in [4.78, 5) is 13.5. The molecule has 0 aliphatic rings. The van der Waals surface area contributed by atoms with Gasteiger partial charge >= 0.3 is 0 Å².